The number of benzene rings is 1. The summed E-state index contributed by atoms with van der Waals surface area (Å²) in [6.45, 7) is 1.29. The van der Waals surface area contributed by atoms with Gasteiger partial charge in [0.25, 0.3) is 5.91 Å². The lowest BCUT2D eigenvalue weighted by Gasteiger charge is -2.21. The summed E-state index contributed by atoms with van der Waals surface area (Å²) in [5.74, 6) is 5.04. The van der Waals surface area contributed by atoms with Crippen LogP contribution in [0.4, 0.5) is 13.2 Å². The molecule has 1 amide bonds. The number of hydrazine groups is 1. The summed E-state index contributed by atoms with van der Waals surface area (Å²) < 4.78 is 42.1. The van der Waals surface area contributed by atoms with Gasteiger partial charge in [0.2, 0.25) is 0 Å². The second-order valence-electron chi connectivity index (χ2n) is 4.33. The number of carbonyl (C=O) groups is 1. The van der Waals surface area contributed by atoms with Crippen LogP contribution in [0.25, 0.3) is 0 Å². The van der Waals surface area contributed by atoms with Gasteiger partial charge in [0, 0.05) is 12.1 Å². The Morgan fingerprint density at radius 1 is 1.33 bits per heavy atom. The third-order valence-corrected chi connectivity index (χ3v) is 2.77. The van der Waals surface area contributed by atoms with E-state index >= 15 is 0 Å². The Morgan fingerprint density at radius 3 is 2.43 bits per heavy atom. The van der Waals surface area contributed by atoms with Crippen molar-refractivity contribution in [1.29, 1.82) is 0 Å². The quantitative estimate of drug-likeness (QED) is 0.456. The lowest BCUT2D eigenvalue weighted by Crippen LogP contribution is -2.36. The molecule has 0 spiro atoms. The number of alkyl halides is 3. The Hall–Kier alpha value is -1.80. The van der Waals surface area contributed by atoms with E-state index in [1.807, 2.05) is 5.43 Å². The Kier molecular flexibility index (Phi) is 6.44. The Morgan fingerprint density at radius 2 is 1.95 bits per heavy atom. The van der Waals surface area contributed by atoms with Crippen molar-refractivity contribution in [2.24, 2.45) is 5.84 Å². The van der Waals surface area contributed by atoms with Crippen LogP contribution in [0.5, 0.6) is 5.75 Å². The number of rotatable bonds is 7. The second kappa shape index (κ2) is 7.84. The molecule has 0 aliphatic carbocycles. The summed E-state index contributed by atoms with van der Waals surface area (Å²) in [7, 11) is 0. The average molecular weight is 305 g/mol. The van der Waals surface area contributed by atoms with Crippen LogP contribution in [0.1, 0.15) is 17.3 Å². The van der Waals surface area contributed by atoms with Gasteiger partial charge in [0.05, 0.1) is 6.54 Å². The van der Waals surface area contributed by atoms with Crippen LogP contribution in [-0.4, -0.2) is 43.2 Å². The first kappa shape index (κ1) is 17.3. The number of ether oxygens (including phenoxy) is 1. The summed E-state index contributed by atoms with van der Waals surface area (Å²) in [6.07, 6.45) is -4.22. The lowest BCUT2D eigenvalue weighted by atomic mass is 10.2. The van der Waals surface area contributed by atoms with Gasteiger partial charge < -0.3 is 4.74 Å². The van der Waals surface area contributed by atoms with Crippen molar-refractivity contribution in [2.75, 3.05) is 26.2 Å². The van der Waals surface area contributed by atoms with E-state index in [0.29, 0.717) is 17.9 Å². The van der Waals surface area contributed by atoms with Crippen LogP contribution < -0.4 is 16.0 Å². The number of carbonyl (C=O) groups excluding carboxylic acids is 1. The number of halogens is 3. The third-order valence-electron chi connectivity index (χ3n) is 2.77. The number of nitrogen functional groups attached to an aromatic ring is 1. The molecule has 0 atom stereocenters. The number of nitrogens with two attached hydrogens (primary N) is 1. The van der Waals surface area contributed by atoms with Crippen LogP contribution in [0.15, 0.2) is 24.3 Å². The summed E-state index contributed by atoms with van der Waals surface area (Å²) >= 11 is 0. The second-order valence-corrected chi connectivity index (χ2v) is 4.33. The normalized spacial score (nSPS) is 11.5. The molecule has 1 aromatic rings. The van der Waals surface area contributed by atoms with Crippen LogP contribution >= 0.6 is 0 Å². The molecule has 0 bridgehead atoms. The van der Waals surface area contributed by atoms with Gasteiger partial charge in [-0.1, -0.05) is 6.92 Å². The van der Waals surface area contributed by atoms with E-state index in [4.69, 9.17) is 10.6 Å². The van der Waals surface area contributed by atoms with Crippen LogP contribution in [-0.2, 0) is 0 Å². The fraction of sp³-hybridized carbons (Fsp3) is 0.462. The van der Waals surface area contributed by atoms with Gasteiger partial charge in [-0.3, -0.25) is 15.1 Å². The van der Waals surface area contributed by atoms with E-state index in [0.717, 1.165) is 0 Å². The highest BCUT2D eigenvalue weighted by atomic mass is 19.4. The number of likely N-dealkylation sites (N-methyl/N-ethyl adjacent to an activating group) is 1. The average Bonchev–Trinajstić information content (AvgIpc) is 2.44. The highest BCUT2D eigenvalue weighted by molar-refractivity contribution is 5.93. The molecule has 0 aliphatic rings. The predicted octanol–water partition coefficient (Wildman–Crippen LogP) is 1.55. The zero-order valence-electron chi connectivity index (χ0n) is 11.6. The maximum Gasteiger partial charge on any atom is 0.401 e. The maximum atomic E-state index is 12.3. The minimum Gasteiger partial charge on any atom is -0.492 e. The molecule has 3 N–H and O–H groups in total. The Balaban J connectivity index is 2.43. The fourth-order valence-electron chi connectivity index (χ4n) is 1.68. The van der Waals surface area contributed by atoms with E-state index in [9.17, 15) is 18.0 Å². The topological polar surface area (TPSA) is 67.6 Å². The fourth-order valence-corrected chi connectivity index (χ4v) is 1.68. The number of hydrogen-bond acceptors (Lipinski definition) is 4. The first-order chi connectivity index (χ1) is 9.85. The highest BCUT2D eigenvalue weighted by Gasteiger charge is 2.29. The van der Waals surface area contributed by atoms with Crippen molar-refractivity contribution in [2.45, 2.75) is 13.1 Å². The van der Waals surface area contributed by atoms with E-state index in [2.05, 4.69) is 0 Å². The molecule has 0 saturated carbocycles. The van der Waals surface area contributed by atoms with Crippen LogP contribution in [0.2, 0.25) is 0 Å². The molecule has 0 radical (unpaired) electrons. The van der Waals surface area contributed by atoms with Crippen LogP contribution in [0, 0.1) is 0 Å². The summed E-state index contributed by atoms with van der Waals surface area (Å²) in [4.78, 5) is 12.5. The Bertz CT molecular complexity index is 449. The zero-order chi connectivity index (χ0) is 15.9. The molecule has 0 aliphatic heterocycles. The van der Waals surface area contributed by atoms with Crippen molar-refractivity contribution >= 4 is 5.91 Å². The molecule has 0 saturated heterocycles. The van der Waals surface area contributed by atoms with Crippen LogP contribution in [0.3, 0.4) is 0 Å². The van der Waals surface area contributed by atoms with Gasteiger partial charge in [-0.05, 0) is 30.8 Å². The predicted molar refractivity (Wildman–Crippen MR) is 71.8 cm³/mol. The molecule has 1 rings (SSSR count). The molecule has 1 aromatic carbocycles. The molecule has 0 heterocycles. The number of hydrogen-bond donors (Lipinski definition) is 2. The largest absolute Gasteiger partial charge is 0.492 e. The SMILES string of the molecule is CCN(CCOc1ccc(C(=O)NN)cc1)CC(F)(F)F. The van der Waals surface area contributed by atoms with Crippen molar-refractivity contribution in [3.05, 3.63) is 29.8 Å². The Labute approximate surface area is 120 Å². The highest BCUT2D eigenvalue weighted by Crippen LogP contribution is 2.16. The molecular formula is C13H18F3N3O2. The standard InChI is InChI=1S/C13H18F3N3O2/c1-2-19(9-13(14,15)16)7-8-21-11-5-3-10(4-6-11)12(20)18-17/h3-6H,2,7-9,17H2,1H3,(H,18,20). The van der Waals surface area contributed by atoms with Gasteiger partial charge in [0.15, 0.2) is 0 Å². The first-order valence-corrected chi connectivity index (χ1v) is 6.38. The number of amides is 1. The van der Waals surface area contributed by atoms with Gasteiger partial charge in [-0.25, -0.2) is 5.84 Å². The molecular weight excluding hydrogens is 287 g/mol. The van der Waals surface area contributed by atoms with E-state index in [-0.39, 0.29) is 13.2 Å². The number of nitrogens with one attached hydrogen (secondary N) is 1. The van der Waals surface area contributed by atoms with Crippen molar-refractivity contribution in [3.63, 3.8) is 0 Å². The minimum atomic E-state index is -4.22. The lowest BCUT2D eigenvalue weighted by molar-refractivity contribution is -0.146. The van der Waals surface area contributed by atoms with Crippen molar-refractivity contribution in [1.82, 2.24) is 10.3 Å². The summed E-state index contributed by atoms with van der Waals surface area (Å²) in [5, 5.41) is 0. The molecule has 5 nitrogen and oxygen atoms in total. The van der Waals surface area contributed by atoms with Gasteiger partial charge in [0.1, 0.15) is 12.4 Å². The van der Waals surface area contributed by atoms with E-state index < -0.39 is 18.6 Å². The van der Waals surface area contributed by atoms with Crippen molar-refractivity contribution < 1.29 is 22.7 Å². The molecule has 8 heteroatoms. The monoisotopic (exact) mass is 305 g/mol. The van der Waals surface area contributed by atoms with Gasteiger partial charge in [-0.2, -0.15) is 13.2 Å². The van der Waals surface area contributed by atoms with E-state index in [1.54, 1.807) is 19.1 Å². The molecule has 0 unspecified atom stereocenters. The minimum absolute atomic E-state index is 0.131. The summed E-state index contributed by atoms with van der Waals surface area (Å²) in [5.41, 5.74) is 2.37. The molecule has 21 heavy (non-hydrogen) atoms. The molecule has 118 valence electrons. The van der Waals surface area contributed by atoms with Crippen molar-refractivity contribution in [3.8, 4) is 5.75 Å². The third kappa shape index (κ3) is 6.46. The summed E-state index contributed by atoms with van der Waals surface area (Å²) in [6, 6.07) is 6.16. The maximum absolute atomic E-state index is 12.3. The van der Waals surface area contributed by atoms with Gasteiger partial charge >= 0.3 is 6.18 Å². The van der Waals surface area contributed by atoms with Gasteiger partial charge in [-0.15, -0.1) is 0 Å². The number of nitrogens with zero attached hydrogens (tertiary/aromatic N) is 1. The smallest absolute Gasteiger partial charge is 0.401 e. The molecule has 0 fully saturated rings. The first-order valence-electron chi connectivity index (χ1n) is 6.38. The van der Waals surface area contributed by atoms with E-state index in [1.165, 1.54) is 17.0 Å². The molecule has 0 aromatic heterocycles. The zero-order valence-corrected chi connectivity index (χ0v) is 11.6.